The number of ether oxygens (including phenoxy) is 3. The number of hydrogen-bond acceptors (Lipinski definition) is 4. The summed E-state index contributed by atoms with van der Waals surface area (Å²) in [6.45, 7) is 12.7. The molecular weight excluding hydrogens is 326 g/mol. The molecule has 158 valence electrons. The van der Waals surface area contributed by atoms with Gasteiger partial charge < -0.3 is 19.9 Å². The topological polar surface area (TPSA) is 53.7 Å². The smallest absolute Gasteiger partial charge is 0.287 e. The molecule has 0 aromatic carbocycles. The second kappa shape index (κ2) is 17.0. The van der Waals surface area contributed by atoms with Gasteiger partial charge in [0.1, 0.15) is 0 Å². The summed E-state index contributed by atoms with van der Waals surface area (Å²) in [6, 6.07) is 0.0243. The van der Waals surface area contributed by atoms with Crippen LogP contribution in [0.5, 0.6) is 0 Å². The molecule has 0 aliphatic heterocycles. The number of rotatable bonds is 19. The second-order valence-electron chi connectivity index (χ2n) is 7.38. The molecule has 0 spiro atoms. The van der Waals surface area contributed by atoms with Gasteiger partial charge in [-0.3, -0.25) is 0 Å². The maximum atomic E-state index is 6.54. The molecule has 0 saturated heterocycles. The fourth-order valence-corrected chi connectivity index (χ4v) is 3.26. The Morgan fingerprint density at radius 1 is 0.654 bits per heavy atom. The van der Waals surface area contributed by atoms with Crippen LogP contribution in [-0.2, 0) is 14.2 Å². The minimum Gasteiger partial charge on any atom is -0.327 e. The van der Waals surface area contributed by atoms with Gasteiger partial charge in [-0.2, -0.15) is 0 Å². The molecule has 0 aliphatic rings. The van der Waals surface area contributed by atoms with Crippen LogP contribution in [0, 0.1) is 5.92 Å². The average molecular weight is 374 g/mol. The molecule has 0 rings (SSSR count). The standard InChI is InChI=1S/C22H47NO3/c1-6-11-12-13-14-15-16-20(21(23)10-5)22(24-17-7-2,25-18-8-3)26-19-9-4/h20-21H,6-19,23H2,1-5H3. The van der Waals surface area contributed by atoms with Crippen molar-refractivity contribution in [3.63, 3.8) is 0 Å². The first-order chi connectivity index (χ1) is 12.6. The van der Waals surface area contributed by atoms with Crippen LogP contribution in [0.25, 0.3) is 0 Å². The van der Waals surface area contributed by atoms with E-state index in [-0.39, 0.29) is 12.0 Å². The monoisotopic (exact) mass is 373 g/mol. The lowest BCUT2D eigenvalue weighted by Gasteiger charge is -2.42. The highest BCUT2D eigenvalue weighted by Crippen LogP contribution is 2.34. The Balaban J connectivity index is 5.12. The Labute approximate surface area is 163 Å². The van der Waals surface area contributed by atoms with Gasteiger partial charge >= 0.3 is 0 Å². The van der Waals surface area contributed by atoms with Crippen LogP contribution in [0.15, 0.2) is 0 Å². The lowest BCUT2D eigenvalue weighted by molar-refractivity contribution is -0.408. The van der Waals surface area contributed by atoms with Gasteiger partial charge in [-0.1, -0.05) is 73.1 Å². The molecule has 0 bridgehead atoms. The normalized spacial score (nSPS) is 14.5. The first-order valence-corrected chi connectivity index (χ1v) is 11.3. The van der Waals surface area contributed by atoms with Gasteiger partial charge in [0.2, 0.25) is 0 Å². The van der Waals surface area contributed by atoms with Gasteiger partial charge in [0.25, 0.3) is 5.97 Å². The van der Waals surface area contributed by atoms with Crippen molar-refractivity contribution in [3.8, 4) is 0 Å². The van der Waals surface area contributed by atoms with E-state index in [1.54, 1.807) is 0 Å². The van der Waals surface area contributed by atoms with Gasteiger partial charge in [-0.05, 0) is 32.1 Å². The van der Waals surface area contributed by atoms with Gasteiger partial charge in [0, 0.05) is 6.04 Å². The number of hydrogen-bond donors (Lipinski definition) is 1. The molecule has 0 saturated carbocycles. The van der Waals surface area contributed by atoms with E-state index in [1.165, 1.54) is 32.1 Å². The van der Waals surface area contributed by atoms with E-state index in [1.807, 2.05) is 0 Å². The van der Waals surface area contributed by atoms with Crippen LogP contribution < -0.4 is 5.73 Å². The fraction of sp³-hybridized carbons (Fsp3) is 1.00. The van der Waals surface area contributed by atoms with Crippen molar-refractivity contribution in [2.45, 2.75) is 117 Å². The Bertz CT molecular complexity index is 277. The third-order valence-corrected chi connectivity index (χ3v) is 4.83. The molecule has 4 heteroatoms. The number of nitrogens with two attached hydrogens (primary N) is 1. The summed E-state index contributed by atoms with van der Waals surface area (Å²) in [5.41, 5.74) is 6.54. The molecule has 0 heterocycles. The molecule has 0 fully saturated rings. The first-order valence-electron chi connectivity index (χ1n) is 11.3. The first kappa shape index (κ1) is 25.8. The molecule has 0 radical (unpaired) electrons. The number of unbranched alkanes of at least 4 members (excludes halogenated alkanes) is 5. The van der Waals surface area contributed by atoms with E-state index in [2.05, 4.69) is 34.6 Å². The second-order valence-corrected chi connectivity index (χ2v) is 7.38. The molecule has 0 amide bonds. The van der Waals surface area contributed by atoms with Crippen molar-refractivity contribution in [1.82, 2.24) is 0 Å². The van der Waals surface area contributed by atoms with Crippen LogP contribution >= 0.6 is 0 Å². The van der Waals surface area contributed by atoms with E-state index >= 15 is 0 Å². The highest BCUT2D eigenvalue weighted by atomic mass is 16.9. The van der Waals surface area contributed by atoms with E-state index in [0.29, 0.717) is 19.8 Å². The molecule has 0 aliphatic carbocycles. The van der Waals surface area contributed by atoms with E-state index in [0.717, 1.165) is 38.5 Å². The van der Waals surface area contributed by atoms with Crippen LogP contribution in [0.2, 0.25) is 0 Å². The Morgan fingerprint density at radius 3 is 1.54 bits per heavy atom. The molecule has 2 unspecified atom stereocenters. The summed E-state index contributed by atoms with van der Waals surface area (Å²) in [6.07, 6.45) is 12.4. The predicted octanol–water partition coefficient (Wildman–Crippen LogP) is 6.02. The SMILES string of the molecule is CCCCCCCCC(C(N)CC)C(OCCC)(OCCC)OCCC. The maximum absolute atomic E-state index is 6.54. The zero-order valence-electron chi connectivity index (χ0n) is 18.4. The summed E-state index contributed by atoms with van der Waals surface area (Å²) in [5, 5.41) is 0. The molecule has 0 aromatic rings. The van der Waals surface area contributed by atoms with Crippen molar-refractivity contribution >= 4 is 0 Å². The van der Waals surface area contributed by atoms with E-state index in [4.69, 9.17) is 19.9 Å². The van der Waals surface area contributed by atoms with Crippen molar-refractivity contribution in [2.24, 2.45) is 11.7 Å². The molecule has 0 aromatic heterocycles. The summed E-state index contributed by atoms with van der Waals surface area (Å²) < 4.78 is 18.7. The summed E-state index contributed by atoms with van der Waals surface area (Å²) in [7, 11) is 0. The van der Waals surface area contributed by atoms with Crippen molar-refractivity contribution in [2.75, 3.05) is 19.8 Å². The summed E-state index contributed by atoms with van der Waals surface area (Å²) in [5.74, 6) is -0.913. The van der Waals surface area contributed by atoms with Crippen molar-refractivity contribution < 1.29 is 14.2 Å². The average Bonchev–Trinajstić information content (AvgIpc) is 2.67. The lowest BCUT2D eigenvalue weighted by Crippen LogP contribution is -2.53. The Kier molecular flexibility index (Phi) is 16.9. The predicted molar refractivity (Wildman–Crippen MR) is 111 cm³/mol. The third kappa shape index (κ3) is 10.2. The molecule has 4 nitrogen and oxygen atoms in total. The summed E-state index contributed by atoms with van der Waals surface area (Å²) >= 11 is 0. The van der Waals surface area contributed by atoms with Gasteiger partial charge in [0.15, 0.2) is 0 Å². The van der Waals surface area contributed by atoms with Crippen molar-refractivity contribution in [3.05, 3.63) is 0 Å². The van der Waals surface area contributed by atoms with Crippen LogP contribution in [0.1, 0.15) is 105 Å². The minimum atomic E-state index is -0.985. The van der Waals surface area contributed by atoms with Gasteiger partial charge in [0.05, 0.1) is 25.7 Å². The van der Waals surface area contributed by atoms with Crippen molar-refractivity contribution in [1.29, 1.82) is 0 Å². The summed E-state index contributed by atoms with van der Waals surface area (Å²) in [4.78, 5) is 0. The molecular formula is C22H47NO3. The van der Waals surface area contributed by atoms with E-state index < -0.39 is 5.97 Å². The Morgan fingerprint density at radius 2 is 1.12 bits per heavy atom. The van der Waals surface area contributed by atoms with Crippen LogP contribution in [0.3, 0.4) is 0 Å². The van der Waals surface area contributed by atoms with Gasteiger partial charge in [-0.25, -0.2) is 0 Å². The maximum Gasteiger partial charge on any atom is 0.287 e. The van der Waals surface area contributed by atoms with Gasteiger partial charge in [-0.15, -0.1) is 0 Å². The quantitative estimate of drug-likeness (QED) is 0.222. The van der Waals surface area contributed by atoms with Crippen LogP contribution in [0.4, 0.5) is 0 Å². The van der Waals surface area contributed by atoms with E-state index in [9.17, 15) is 0 Å². The zero-order chi connectivity index (χ0) is 19.7. The molecule has 26 heavy (non-hydrogen) atoms. The molecule has 2 N–H and O–H groups in total. The minimum absolute atomic E-state index is 0.0243. The van der Waals surface area contributed by atoms with Crippen LogP contribution in [-0.4, -0.2) is 31.8 Å². The largest absolute Gasteiger partial charge is 0.327 e. The third-order valence-electron chi connectivity index (χ3n) is 4.83. The Hall–Kier alpha value is -0.160. The zero-order valence-corrected chi connectivity index (χ0v) is 18.4. The highest BCUT2D eigenvalue weighted by Gasteiger charge is 2.44. The highest BCUT2D eigenvalue weighted by molar-refractivity contribution is 4.81. The fourth-order valence-electron chi connectivity index (χ4n) is 3.26. The molecule has 2 atom stereocenters. The lowest BCUT2D eigenvalue weighted by atomic mass is 9.89.